The molecular formula is C16H17ClFNO. The standard InChI is InChI=1S/C16H17ClFNO/c1-20-16(12-5-3-2-4-6-12)15(19)10-11-7-8-14(18)13(17)9-11/h2-9,15-16H,10,19H2,1H3. The number of ether oxygens (including phenoxy) is 1. The number of halogens is 2. The zero-order valence-corrected chi connectivity index (χ0v) is 12.0. The van der Waals surface area contributed by atoms with E-state index in [4.69, 9.17) is 22.1 Å². The van der Waals surface area contributed by atoms with Gasteiger partial charge in [0.15, 0.2) is 0 Å². The normalized spacial score (nSPS) is 14.0. The molecule has 0 spiro atoms. The van der Waals surface area contributed by atoms with E-state index >= 15 is 0 Å². The van der Waals surface area contributed by atoms with E-state index in [1.165, 1.54) is 6.07 Å². The van der Waals surface area contributed by atoms with Crippen LogP contribution in [0.4, 0.5) is 4.39 Å². The molecule has 0 fully saturated rings. The second-order valence-corrected chi connectivity index (χ2v) is 5.09. The molecule has 2 aromatic carbocycles. The molecule has 4 heteroatoms. The highest BCUT2D eigenvalue weighted by molar-refractivity contribution is 6.30. The summed E-state index contributed by atoms with van der Waals surface area (Å²) < 4.78 is 18.6. The van der Waals surface area contributed by atoms with Crippen molar-refractivity contribution < 1.29 is 9.13 Å². The van der Waals surface area contributed by atoms with Gasteiger partial charge in [0.05, 0.1) is 11.1 Å². The molecule has 2 N–H and O–H groups in total. The zero-order chi connectivity index (χ0) is 14.5. The van der Waals surface area contributed by atoms with E-state index in [1.54, 1.807) is 19.2 Å². The highest BCUT2D eigenvalue weighted by atomic mass is 35.5. The molecule has 20 heavy (non-hydrogen) atoms. The van der Waals surface area contributed by atoms with Crippen molar-refractivity contribution >= 4 is 11.6 Å². The first-order valence-electron chi connectivity index (χ1n) is 6.39. The third-order valence-electron chi connectivity index (χ3n) is 3.23. The van der Waals surface area contributed by atoms with Crippen LogP contribution in [-0.4, -0.2) is 13.2 Å². The summed E-state index contributed by atoms with van der Waals surface area (Å²) >= 11 is 5.78. The molecule has 0 radical (unpaired) electrons. The number of hydrogen-bond acceptors (Lipinski definition) is 2. The molecule has 0 aromatic heterocycles. The van der Waals surface area contributed by atoms with Gasteiger partial charge in [-0.3, -0.25) is 0 Å². The zero-order valence-electron chi connectivity index (χ0n) is 11.2. The number of methoxy groups -OCH3 is 1. The minimum absolute atomic E-state index is 0.114. The number of rotatable bonds is 5. The van der Waals surface area contributed by atoms with Crippen molar-refractivity contribution in [3.8, 4) is 0 Å². The summed E-state index contributed by atoms with van der Waals surface area (Å²) in [6, 6.07) is 14.2. The van der Waals surface area contributed by atoms with E-state index in [-0.39, 0.29) is 17.2 Å². The maximum Gasteiger partial charge on any atom is 0.141 e. The van der Waals surface area contributed by atoms with Crippen LogP contribution >= 0.6 is 11.6 Å². The Morgan fingerprint density at radius 3 is 2.50 bits per heavy atom. The van der Waals surface area contributed by atoms with Gasteiger partial charge in [0.25, 0.3) is 0 Å². The summed E-state index contributed by atoms with van der Waals surface area (Å²) in [6.45, 7) is 0. The third-order valence-corrected chi connectivity index (χ3v) is 3.52. The summed E-state index contributed by atoms with van der Waals surface area (Å²) in [5.41, 5.74) is 8.13. The molecule has 0 aliphatic carbocycles. The molecule has 106 valence electrons. The number of nitrogens with two attached hydrogens (primary N) is 1. The van der Waals surface area contributed by atoms with Crippen LogP contribution in [0.5, 0.6) is 0 Å². The summed E-state index contributed by atoms with van der Waals surface area (Å²) in [5, 5.41) is 0.114. The van der Waals surface area contributed by atoms with E-state index < -0.39 is 5.82 Å². The van der Waals surface area contributed by atoms with E-state index in [0.717, 1.165) is 11.1 Å². The lowest BCUT2D eigenvalue weighted by Crippen LogP contribution is -2.31. The van der Waals surface area contributed by atoms with Gasteiger partial charge in [0.2, 0.25) is 0 Å². The SMILES string of the molecule is COC(c1ccccc1)C(N)Cc1ccc(F)c(Cl)c1. The third kappa shape index (κ3) is 3.57. The average molecular weight is 294 g/mol. The molecule has 2 rings (SSSR count). The maximum absolute atomic E-state index is 13.1. The topological polar surface area (TPSA) is 35.2 Å². The summed E-state index contributed by atoms with van der Waals surface area (Å²) in [5.74, 6) is -0.421. The molecule has 0 amide bonds. The second-order valence-electron chi connectivity index (χ2n) is 4.68. The van der Waals surface area contributed by atoms with Gasteiger partial charge in [-0.05, 0) is 29.7 Å². The van der Waals surface area contributed by atoms with Gasteiger partial charge in [0, 0.05) is 13.2 Å². The fourth-order valence-electron chi connectivity index (χ4n) is 2.25. The smallest absolute Gasteiger partial charge is 0.141 e. The first kappa shape index (κ1) is 15.0. The average Bonchev–Trinajstić information content (AvgIpc) is 2.45. The van der Waals surface area contributed by atoms with E-state index in [9.17, 15) is 4.39 Å². The van der Waals surface area contributed by atoms with E-state index in [2.05, 4.69) is 0 Å². The van der Waals surface area contributed by atoms with Crippen molar-refractivity contribution in [1.29, 1.82) is 0 Å². The molecule has 0 heterocycles. The number of benzene rings is 2. The molecule has 2 atom stereocenters. The predicted octanol–water partition coefficient (Wildman–Crippen LogP) is 3.74. The quantitative estimate of drug-likeness (QED) is 0.911. The van der Waals surface area contributed by atoms with Crippen LogP contribution in [-0.2, 0) is 11.2 Å². The lowest BCUT2D eigenvalue weighted by molar-refractivity contribution is 0.0802. The summed E-state index contributed by atoms with van der Waals surface area (Å²) in [7, 11) is 1.63. The van der Waals surface area contributed by atoms with Crippen LogP contribution in [0.1, 0.15) is 17.2 Å². The van der Waals surface area contributed by atoms with Crippen molar-refractivity contribution in [2.24, 2.45) is 5.73 Å². The Bertz CT molecular complexity index is 562. The van der Waals surface area contributed by atoms with Crippen LogP contribution < -0.4 is 5.73 Å². The van der Waals surface area contributed by atoms with Gasteiger partial charge in [-0.25, -0.2) is 4.39 Å². The highest BCUT2D eigenvalue weighted by Crippen LogP contribution is 2.23. The van der Waals surface area contributed by atoms with Gasteiger partial charge in [0.1, 0.15) is 5.82 Å². The van der Waals surface area contributed by atoms with Crippen molar-refractivity contribution in [3.05, 3.63) is 70.5 Å². The fourth-order valence-corrected chi connectivity index (χ4v) is 2.45. The van der Waals surface area contributed by atoms with Gasteiger partial charge in [-0.2, -0.15) is 0 Å². The lowest BCUT2D eigenvalue weighted by Gasteiger charge is -2.23. The summed E-state index contributed by atoms with van der Waals surface area (Å²) in [6.07, 6.45) is 0.355. The molecule has 0 aliphatic rings. The Hall–Kier alpha value is -1.42. The van der Waals surface area contributed by atoms with Gasteiger partial charge < -0.3 is 10.5 Å². The van der Waals surface area contributed by atoms with Gasteiger partial charge in [-0.1, -0.05) is 48.0 Å². The fraction of sp³-hybridized carbons (Fsp3) is 0.250. The van der Waals surface area contributed by atoms with Crippen molar-refractivity contribution in [3.63, 3.8) is 0 Å². The van der Waals surface area contributed by atoms with E-state index in [0.29, 0.717) is 6.42 Å². The Morgan fingerprint density at radius 2 is 1.90 bits per heavy atom. The van der Waals surface area contributed by atoms with Crippen molar-refractivity contribution in [2.45, 2.75) is 18.6 Å². The van der Waals surface area contributed by atoms with Crippen LogP contribution in [0.25, 0.3) is 0 Å². The molecule has 0 saturated carbocycles. The second kappa shape index (κ2) is 6.84. The monoisotopic (exact) mass is 293 g/mol. The Labute approximate surface area is 123 Å². The van der Waals surface area contributed by atoms with Crippen molar-refractivity contribution in [1.82, 2.24) is 0 Å². The Balaban J connectivity index is 2.13. The summed E-state index contributed by atoms with van der Waals surface area (Å²) in [4.78, 5) is 0. The van der Waals surface area contributed by atoms with Crippen LogP contribution in [0.3, 0.4) is 0 Å². The first-order valence-corrected chi connectivity index (χ1v) is 6.77. The number of hydrogen-bond donors (Lipinski definition) is 1. The Kier molecular flexibility index (Phi) is 5.12. The van der Waals surface area contributed by atoms with Crippen LogP contribution in [0, 0.1) is 5.82 Å². The molecule has 0 bridgehead atoms. The maximum atomic E-state index is 13.1. The predicted molar refractivity (Wildman–Crippen MR) is 79.3 cm³/mol. The highest BCUT2D eigenvalue weighted by Gasteiger charge is 2.19. The van der Waals surface area contributed by atoms with Gasteiger partial charge in [-0.15, -0.1) is 0 Å². The van der Waals surface area contributed by atoms with Gasteiger partial charge >= 0.3 is 0 Å². The molecule has 2 unspecified atom stereocenters. The molecule has 2 nitrogen and oxygen atoms in total. The largest absolute Gasteiger partial charge is 0.375 e. The minimum atomic E-state index is -0.421. The molecular weight excluding hydrogens is 277 g/mol. The first-order chi connectivity index (χ1) is 9.61. The molecule has 0 aliphatic heterocycles. The van der Waals surface area contributed by atoms with Crippen LogP contribution in [0.15, 0.2) is 48.5 Å². The minimum Gasteiger partial charge on any atom is -0.375 e. The molecule has 0 saturated heterocycles. The lowest BCUT2D eigenvalue weighted by atomic mass is 9.97. The van der Waals surface area contributed by atoms with Crippen molar-refractivity contribution in [2.75, 3.05) is 7.11 Å². The van der Waals surface area contributed by atoms with E-state index in [1.807, 2.05) is 30.3 Å². The Morgan fingerprint density at radius 1 is 1.20 bits per heavy atom. The molecule has 2 aromatic rings. The van der Waals surface area contributed by atoms with Crippen LogP contribution in [0.2, 0.25) is 5.02 Å².